The van der Waals surface area contributed by atoms with Gasteiger partial charge in [0, 0.05) is 20.3 Å². The minimum absolute atomic E-state index is 0.423. The number of nitrogens with one attached hydrogen (secondary N) is 1. The molecule has 5 nitrogen and oxygen atoms in total. The Morgan fingerprint density at radius 3 is 2.82 bits per heavy atom. The first kappa shape index (κ1) is 13.8. The van der Waals surface area contributed by atoms with Crippen molar-refractivity contribution in [3.05, 3.63) is 10.9 Å². The third-order valence-corrected chi connectivity index (χ3v) is 3.43. The number of hydrogen-bond acceptors (Lipinski definition) is 5. The van der Waals surface area contributed by atoms with E-state index in [1.165, 1.54) is 11.3 Å². The maximum atomic E-state index is 11.0. The van der Waals surface area contributed by atoms with Crippen molar-refractivity contribution in [1.82, 2.24) is 0 Å². The van der Waals surface area contributed by atoms with Crippen LogP contribution in [0.5, 0.6) is 0 Å². The van der Waals surface area contributed by atoms with Gasteiger partial charge in [-0.25, -0.2) is 0 Å². The normalized spacial score (nSPS) is 10.4. The van der Waals surface area contributed by atoms with Crippen molar-refractivity contribution in [3.63, 3.8) is 0 Å². The second-order valence-corrected chi connectivity index (χ2v) is 4.79. The smallest absolute Gasteiger partial charge is 0.260 e. The molecule has 0 aliphatic heterocycles. The zero-order chi connectivity index (χ0) is 12.7. The number of nitrogens with two attached hydrogens (primary N) is 2. The lowest BCUT2D eigenvalue weighted by molar-refractivity contribution is 0.100. The Morgan fingerprint density at radius 1 is 1.47 bits per heavy atom. The lowest BCUT2D eigenvalue weighted by atomic mass is 10.2. The van der Waals surface area contributed by atoms with Crippen molar-refractivity contribution in [2.45, 2.75) is 19.3 Å². The topological polar surface area (TPSA) is 90.4 Å². The molecule has 17 heavy (non-hydrogen) atoms. The van der Waals surface area contributed by atoms with Crippen LogP contribution in [0, 0.1) is 0 Å². The predicted molar refractivity (Wildman–Crippen MR) is 71.5 cm³/mol. The highest BCUT2D eigenvalue weighted by Crippen LogP contribution is 2.28. The highest BCUT2D eigenvalue weighted by molar-refractivity contribution is 7.18. The van der Waals surface area contributed by atoms with Gasteiger partial charge in [0.2, 0.25) is 0 Å². The van der Waals surface area contributed by atoms with Crippen LogP contribution in [0.25, 0.3) is 0 Å². The molecule has 0 bridgehead atoms. The fourth-order valence-corrected chi connectivity index (χ4v) is 2.30. The summed E-state index contributed by atoms with van der Waals surface area (Å²) >= 11 is 1.30. The van der Waals surface area contributed by atoms with Gasteiger partial charge in [0.05, 0.1) is 10.7 Å². The van der Waals surface area contributed by atoms with Gasteiger partial charge in [-0.3, -0.25) is 4.79 Å². The van der Waals surface area contributed by atoms with E-state index in [4.69, 9.17) is 16.2 Å². The zero-order valence-corrected chi connectivity index (χ0v) is 10.8. The van der Waals surface area contributed by atoms with Crippen LogP contribution in [0.4, 0.5) is 10.7 Å². The Hall–Kier alpha value is -1.27. The summed E-state index contributed by atoms with van der Waals surface area (Å²) in [4.78, 5) is 11.4. The first-order chi connectivity index (χ1) is 8.15. The lowest BCUT2D eigenvalue weighted by Crippen LogP contribution is -2.10. The molecule has 0 fully saturated rings. The Balaban J connectivity index is 2.27. The Morgan fingerprint density at radius 2 is 2.24 bits per heavy atom. The quantitative estimate of drug-likeness (QED) is 0.618. The van der Waals surface area contributed by atoms with Gasteiger partial charge >= 0.3 is 0 Å². The van der Waals surface area contributed by atoms with Crippen molar-refractivity contribution >= 4 is 27.9 Å². The number of anilines is 2. The number of methoxy groups -OCH3 is 1. The number of carbonyl (C=O) groups is 1. The third kappa shape index (κ3) is 4.62. The van der Waals surface area contributed by atoms with Crippen molar-refractivity contribution in [2.75, 3.05) is 31.3 Å². The third-order valence-electron chi connectivity index (χ3n) is 2.31. The molecule has 1 amide bonds. The summed E-state index contributed by atoms with van der Waals surface area (Å²) in [5.41, 5.74) is 11.3. The summed E-state index contributed by atoms with van der Waals surface area (Å²) in [5.74, 6) is -0.472. The number of ether oxygens (including phenoxy) is 1. The van der Waals surface area contributed by atoms with Crippen LogP contribution in [0.1, 0.15) is 28.9 Å². The van der Waals surface area contributed by atoms with E-state index in [1.807, 2.05) is 0 Å². The second kappa shape index (κ2) is 7.13. The van der Waals surface area contributed by atoms with Crippen LogP contribution in [0.15, 0.2) is 6.07 Å². The molecule has 0 atom stereocenters. The maximum absolute atomic E-state index is 11.0. The molecule has 0 radical (unpaired) electrons. The summed E-state index contributed by atoms with van der Waals surface area (Å²) in [7, 11) is 1.71. The van der Waals surface area contributed by atoms with Crippen LogP contribution in [-0.4, -0.2) is 26.2 Å². The van der Waals surface area contributed by atoms with Gasteiger partial charge < -0.3 is 21.5 Å². The Kier molecular flexibility index (Phi) is 5.79. The highest BCUT2D eigenvalue weighted by Gasteiger charge is 2.10. The number of thiophene rings is 1. The number of unbranched alkanes of at least 4 members (excludes halogenated alkanes) is 2. The summed E-state index contributed by atoms with van der Waals surface area (Å²) in [5, 5.41) is 4.12. The standard InChI is InChI=1S/C11H19N3O2S/c1-16-6-4-2-3-5-14-9-7-8(12)10(17-9)11(13)15/h7,14H,2-6,12H2,1H3,(H2,13,15). The van der Waals surface area contributed by atoms with Crippen LogP contribution in [0.3, 0.4) is 0 Å². The average Bonchev–Trinajstić information content (AvgIpc) is 2.65. The Bertz CT molecular complexity index is 366. The second-order valence-electron chi connectivity index (χ2n) is 3.74. The highest BCUT2D eigenvalue weighted by atomic mass is 32.1. The summed E-state index contributed by atoms with van der Waals surface area (Å²) < 4.78 is 4.97. The molecule has 6 heteroatoms. The molecule has 0 saturated carbocycles. The van der Waals surface area contributed by atoms with Crippen LogP contribution in [-0.2, 0) is 4.74 Å². The van der Waals surface area contributed by atoms with Crippen LogP contribution in [0.2, 0.25) is 0 Å². The predicted octanol–water partition coefficient (Wildman–Crippen LogP) is 1.66. The molecular weight excluding hydrogens is 238 g/mol. The van der Waals surface area contributed by atoms with Gasteiger partial charge in [0.1, 0.15) is 4.88 Å². The van der Waals surface area contributed by atoms with E-state index in [0.717, 1.165) is 37.4 Å². The fraction of sp³-hybridized carbons (Fsp3) is 0.545. The molecule has 0 saturated heterocycles. The monoisotopic (exact) mass is 257 g/mol. The van der Waals surface area contributed by atoms with Crippen molar-refractivity contribution in [2.24, 2.45) is 5.73 Å². The van der Waals surface area contributed by atoms with E-state index >= 15 is 0 Å². The zero-order valence-electron chi connectivity index (χ0n) is 9.99. The minimum Gasteiger partial charge on any atom is -0.397 e. The summed E-state index contributed by atoms with van der Waals surface area (Å²) in [6.07, 6.45) is 3.24. The fourth-order valence-electron chi connectivity index (χ4n) is 1.44. The number of rotatable bonds is 8. The summed E-state index contributed by atoms with van der Waals surface area (Å²) in [6, 6.07) is 1.75. The lowest BCUT2D eigenvalue weighted by Gasteiger charge is -2.02. The molecule has 0 aliphatic rings. The van der Waals surface area contributed by atoms with Gasteiger partial charge in [-0.05, 0) is 25.3 Å². The first-order valence-corrected chi connectivity index (χ1v) is 6.38. The molecule has 0 aliphatic carbocycles. The molecule has 1 aromatic rings. The van der Waals surface area contributed by atoms with E-state index in [9.17, 15) is 4.79 Å². The number of hydrogen-bond donors (Lipinski definition) is 3. The van der Waals surface area contributed by atoms with Gasteiger partial charge in [0.15, 0.2) is 0 Å². The van der Waals surface area contributed by atoms with Crippen molar-refractivity contribution in [3.8, 4) is 0 Å². The molecule has 1 heterocycles. The number of amides is 1. The van der Waals surface area contributed by atoms with Gasteiger partial charge in [-0.15, -0.1) is 11.3 Å². The summed E-state index contributed by atoms with van der Waals surface area (Å²) in [6.45, 7) is 1.67. The van der Waals surface area contributed by atoms with Gasteiger partial charge in [-0.2, -0.15) is 0 Å². The van der Waals surface area contributed by atoms with Gasteiger partial charge in [0.25, 0.3) is 5.91 Å². The van der Waals surface area contributed by atoms with Crippen molar-refractivity contribution in [1.29, 1.82) is 0 Å². The van der Waals surface area contributed by atoms with E-state index in [1.54, 1.807) is 13.2 Å². The molecule has 1 rings (SSSR count). The van der Waals surface area contributed by atoms with E-state index in [2.05, 4.69) is 5.32 Å². The Labute approximate surface area is 105 Å². The number of primary amides is 1. The molecule has 0 spiro atoms. The number of nitrogen functional groups attached to an aromatic ring is 1. The number of carbonyl (C=O) groups excluding carboxylic acids is 1. The maximum Gasteiger partial charge on any atom is 0.260 e. The largest absolute Gasteiger partial charge is 0.397 e. The van der Waals surface area contributed by atoms with Gasteiger partial charge in [-0.1, -0.05) is 0 Å². The molecule has 0 aromatic carbocycles. The molecule has 1 aromatic heterocycles. The molecular formula is C11H19N3O2S. The van der Waals surface area contributed by atoms with Crippen LogP contribution >= 0.6 is 11.3 Å². The van der Waals surface area contributed by atoms with E-state index < -0.39 is 5.91 Å². The SMILES string of the molecule is COCCCCCNc1cc(N)c(C(N)=O)s1. The van der Waals surface area contributed by atoms with Crippen LogP contribution < -0.4 is 16.8 Å². The van der Waals surface area contributed by atoms with E-state index in [0.29, 0.717) is 10.6 Å². The average molecular weight is 257 g/mol. The molecule has 96 valence electrons. The minimum atomic E-state index is -0.472. The molecule has 5 N–H and O–H groups in total. The van der Waals surface area contributed by atoms with E-state index in [-0.39, 0.29) is 0 Å². The first-order valence-electron chi connectivity index (χ1n) is 5.57. The van der Waals surface area contributed by atoms with Crippen molar-refractivity contribution < 1.29 is 9.53 Å². The molecule has 0 unspecified atom stereocenters.